The highest BCUT2D eigenvalue weighted by atomic mass is 16.4. The number of nitrogens with one attached hydrogen (secondary N) is 1. The van der Waals surface area contributed by atoms with Crippen LogP contribution in [0.3, 0.4) is 0 Å². The Kier molecular flexibility index (Phi) is 5.90. The van der Waals surface area contributed by atoms with E-state index < -0.39 is 5.97 Å². The number of piperidine rings is 1. The number of aromatic nitrogens is 4. The minimum Gasteiger partial charge on any atom is -0.481 e. The first-order valence-corrected chi connectivity index (χ1v) is 8.65. The van der Waals surface area contributed by atoms with E-state index in [0.717, 1.165) is 18.8 Å². The van der Waals surface area contributed by atoms with E-state index in [1.165, 1.54) is 0 Å². The fraction of sp³-hybridized carbons (Fsp3) is 0.471. The Hall–Kier alpha value is -2.81. The highest BCUT2D eigenvalue weighted by Crippen LogP contribution is 2.18. The Morgan fingerprint density at radius 1 is 1.27 bits per heavy atom. The molecule has 1 amide bonds. The number of aliphatic carboxylic acids is 1. The van der Waals surface area contributed by atoms with E-state index in [0.29, 0.717) is 31.7 Å². The van der Waals surface area contributed by atoms with Crippen LogP contribution in [0.15, 0.2) is 30.6 Å². The molecule has 9 nitrogen and oxygen atoms in total. The summed E-state index contributed by atoms with van der Waals surface area (Å²) in [5.41, 5.74) is 0.823. The summed E-state index contributed by atoms with van der Waals surface area (Å²) in [6.45, 7) is 2.58. The number of carboxylic acids is 1. The van der Waals surface area contributed by atoms with Gasteiger partial charge in [0.15, 0.2) is 0 Å². The van der Waals surface area contributed by atoms with Gasteiger partial charge in [-0.3, -0.25) is 19.2 Å². The SMILES string of the molecule is O=C(CCn1cc(CN2CCC(C(=O)O)CC2)nn1)Nc1ccccn1. The van der Waals surface area contributed by atoms with Crippen LogP contribution in [0.5, 0.6) is 0 Å². The van der Waals surface area contributed by atoms with Crippen molar-refractivity contribution >= 4 is 17.7 Å². The van der Waals surface area contributed by atoms with Crippen molar-refractivity contribution in [2.75, 3.05) is 18.4 Å². The minimum absolute atomic E-state index is 0.128. The van der Waals surface area contributed by atoms with E-state index in [-0.39, 0.29) is 18.2 Å². The van der Waals surface area contributed by atoms with Gasteiger partial charge in [0.2, 0.25) is 5.91 Å². The first kappa shape index (κ1) is 18.0. The average Bonchev–Trinajstić information content (AvgIpc) is 3.09. The molecule has 1 saturated heterocycles. The Bertz CT molecular complexity index is 740. The van der Waals surface area contributed by atoms with E-state index in [2.05, 4.69) is 25.5 Å². The molecule has 0 spiro atoms. The van der Waals surface area contributed by atoms with Gasteiger partial charge >= 0.3 is 5.97 Å². The molecule has 138 valence electrons. The van der Waals surface area contributed by atoms with Crippen molar-refractivity contribution in [2.45, 2.75) is 32.4 Å². The maximum atomic E-state index is 11.9. The van der Waals surface area contributed by atoms with Crippen molar-refractivity contribution in [1.29, 1.82) is 0 Å². The number of anilines is 1. The number of likely N-dealkylation sites (tertiary alicyclic amines) is 1. The summed E-state index contributed by atoms with van der Waals surface area (Å²) in [6, 6.07) is 5.33. The molecule has 0 aromatic carbocycles. The van der Waals surface area contributed by atoms with Gasteiger partial charge in [-0.05, 0) is 38.1 Å². The highest BCUT2D eigenvalue weighted by Gasteiger charge is 2.24. The van der Waals surface area contributed by atoms with Gasteiger partial charge in [-0.2, -0.15) is 0 Å². The van der Waals surface area contributed by atoms with E-state index in [1.807, 2.05) is 12.3 Å². The summed E-state index contributed by atoms with van der Waals surface area (Å²) in [5, 5.41) is 20.0. The lowest BCUT2D eigenvalue weighted by Gasteiger charge is -2.29. The number of carbonyl (C=O) groups is 2. The van der Waals surface area contributed by atoms with E-state index in [1.54, 1.807) is 23.0 Å². The molecule has 0 aliphatic carbocycles. The smallest absolute Gasteiger partial charge is 0.306 e. The summed E-state index contributed by atoms with van der Waals surface area (Å²) in [7, 11) is 0. The topological polar surface area (TPSA) is 113 Å². The molecule has 0 bridgehead atoms. The van der Waals surface area contributed by atoms with E-state index in [4.69, 9.17) is 5.11 Å². The molecular formula is C17H22N6O3. The summed E-state index contributed by atoms with van der Waals surface area (Å²) in [6.07, 6.45) is 5.06. The quantitative estimate of drug-likeness (QED) is 0.759. The molecule has 1 fully saturated rings. The molecule has 3 rings (SSSR count). The van der Waals surface area contributed by atoms with Crippen LogP contribution in [0, 0.1) is 5.92 Å². The van der Waals surface area contributed by atoms with Crippen LogP contribution in [-0.4, -0.2) is 55.0 Å². The first-order chi connectivity index (χ1) is 12.6. The van der Waals surface area contributed by atoms with Crippen molar-refractivity contribution in [3.05, 3.63) is 36.3 Å². The molecule has 0 unspecified atom stereocenters. The molecule has 0 atom stereocenters. The van der Waals surface area contributed by atoms with Crippen molar-refractivity contribution < 1.29 is 14.7 Å². The Morgan fingerprint density at radius 2 is 2.08 bits per heavy atom. The number of carboxylic acid groups (broad SMARTS) is 1. The second-order valence-electron chi connectivity index (χ2n) is 6.37. The van der Waals surface area contributed by atoms with Gasteiger partial charge in [0.05, 0.1) is 18.2 Å². The molecule has 26 heavy (non-hydrogen) atoms. The zero-order valence-electron chi connectivity index (χ0n) is 14.4. The molecule has 2 aromatic rings. The van der Waals surface area contributed by atoms with Crippen LogP contribution in [0.4, 0.5) is 5.82 Å². The minimum atomic E-state index is -0.709. The normalized spacial score (nSPS) is 15.7. The van der Waals surface area contributed by atoms with Crippen molar-refractivity contribution in [1.82, 2.24) is 24.9 Å². The number of pyridine rings is 1. The molecule has 0 radical (unpaired) electrons. The van der Waals surface area contributed by atoms with Crippen molar-refractivity contribution in [3.8, 4) is 0 Å². The molecular weight excluding hydrogens is 336 g/mol. The van der Waals surface area contributed by atoms with E-state index in [9.17, 15) is 9.59 Å². The maximum absolute atomic E-state index is 11.9. The lowest BCUT2D eigenvalue weighted by molar-refractivity contribution is -0.143. The molecule has 3 heterocycles. The number of amides is 1. The van der Waals surface area contributed by atoms with Crippen LogP contribution >= 0.6 is 0 Å². The molecule has 9 heteroatoms. The third-order valence-electron chi connectivity index (χ3n) is 4.41. The fourth-order valence-corrected chi connectivity index (χ4v) is 2.95. The largest absolute Gasteiger partial charge is 0.481 e. The van der Waals surface area contributed by atoms with Gasteiger partial charge in [-0.25, -0.2) is 4.98 Å². The number of nitrogens with zero attached hydrogens (tertiary/aromatic N) is 5. The second-order valence-corrected chi connectivity index (χ2v) is 6.37. The predicted octanol–water partition coefficient (Wildman–Crippen LogP) is 0.998. The molecule has 2 N–H and O–H groups in total. The summed E-state index contributed by atoms with van der Waals surface area (Å²) < 4.78 is 1.65. The molecule has 1 aliphatic heterocycles. The molecule has 0 saturated carbocycles. The van der Waals surface area contributed by atoms with Crippen LogP contribution in [0.1, 0.15) is 25.0 Å². The zero-order valence-corrected chi connectivity index (χ0v) is 14.4. The zero-order chi connectivity index (χ0) is 18.4. The molecule has 1 aliphatic rings. The van der Waals surface area contributed by atoms with Crippen LogP contribution in [0.25, 0.3) is 0 Å². The second kappa shape index (κ2) is 8.52. The molecule has 2 aromatic heterocycles. The van der Waals surface area contributed by atoms with Crippen LogP contribution in [0.2, 0.25) is 0 Å². The summed E-state index contributed by atoms with van der Waals surface area (Å²) in [4.78, 5) is 29.1. The van der Waals surface area contributed by atoms with Gasteiger partial charge < -0.3 is 10.4 Å². The van der Waals surface area contributed by atoms with Crippen LogP contribution in [-0.2, 0) is 22.7 Å². The Balaban J connectivity index is 1.42. The lowest BCUT2D eigenvalue weighted by atomic mass is 9.97. The van der Waals surface area contributed by atoms with E-state index >= 15 is 0 Å². The number of rotatable bonds is 7. The van der Waals surface area contributed by atoms with Gasteiger partial charge in [0.1, 0.15) is 5.82 Å². The number of carbonyl (C=O) groups excluding carboxylic acids is 1. The van der Waals surface area contributed by atoms with Gasteiger partial charge in [-0.15, -0.1) is 5.10 Å². The lowest BCUT2D eigenvalue weighted by Crippen LogP contribution is -2.35. The average molecular weight is 358 g/mol. The van der Waals surface area contributed by atoms with Gasteiger partial charge in [-0.1, -0.05) is 11.3 Å². The van der Waals surface area contributed by atoms with Gasteiger partial charge in [0.25, 0.3) is 0 Å². The summed E-state index contributed by atoms with van der Waals surface area (Å²) in [5.74, 6) is -0.544. The van der Waals surface area contributed by atoms with Crippen molar-refractivity contribution in [2.24, 2.45) is 5.92 Å². The monoisotopic (exact) mass is 358 g/mol. The highest BCUT2D eigenvalue weighted by molar-refractivity contribution is 5.89. The standard InChI is InChI=1S/C17H22N6O3/c24-16(19-15-3-1-2-7-18-15)6-10-23-12-14(20-21-23)11-22-8-4-13(5-9-22)17(25)26/h1-3,7,12-13H,4-6,8-11H2,(H,25,26)(H,18,19,24). The Morgan fingerprint density at radius 3 is 2.77 bits per heavy atom. The summed E-state index contributed by atoms with van der Waals surface area (Å²) >= 11 is 0. The first-order valence-electron chi connectivity index (χ1n) is 8.65. The fourth-order valence-electron chi connectivity index (χ4n) is 2.95. The maximum Gasteiger partial charge on any atom is 0.306 e. The Labute approximate surface area is 151 Å². The number of hydrogen-bond donors (Lipinski definition) is 2. The third kappa shape index (κ3) is 5.09. The van der Waals surface area contributed by atoms with Gasteiger partial charge in [0, 0.05) is 25.4 Å². The van der Waals surface area contributed by atoms with Crippen LogP contribution < -0.4 is 5.32 Å². The predicted molar refractivity (Wildman–Crippen MR) is 93.1 cm³/mol. The number of aryl methyl sites for hydroxylation is 1. The number of hydrogen-bond acceptors (Lipinski definition) is 6. The van der Waals surface area contributed by atoms with Crippen molar-refractivity contribution in [3.63, 3.8) is 0 Å². The third-order valence-corrected chi connectivity index (χ3v) is 4.41.